The van der Waals surface area contributed by atoms with Crippen LogP contribution in [-0.2, 0) is 9.59 Å². The van der Waals surface area contributed by atoms with Crippen LogP contribution in [0.25, 0.3) is 0 Å². The third-order valence-electron chi connectivity index (χ3n) is 8.43. The summed E-state index contributed by atoms with van der Waals surface area (Å²) in [5.74, 6) is 7.53. The molecule has 0 amide bonds. The molecule has 4 fully saturated rings. The Morgan fingerprint density at radius 3 is 2.19 bits per heavy atom. The van der Waals surface area contributed by atoms with E-state index in [2.05, 4.69) is 13.8 Å². The summed E-state index contributed by atoms with van der Waals surface area (Å²) >= 11 is 0. The molecule has 154 valence electrons. The van der Waals surface area contributed by atoms with E-state index in [0.717, 1.165) is 79.2 Å². The molecule has 27 heavy (non-hydrogen) atoms. The smallest absolute Gasteiger partial charge is 0.120 e. The minimum Gasteiger partial charge on any atom is -0.303 e. The molecule has 0 aromatic carbocycles. The quantitative estimate of drug-likeness (QED) is 0.479. The highest BCUT2D eigenvalue weighted by Crippen LogP contribution is 2.61. The Bertz CT molecular complexity index is 463. The monoisotopic (exact) mass is 374 g/mol. The molecule has 0 N–H and O–H groups in total. The predicted molar refractivity (Wildman–Crippen MR) is 111 cm³/mol. The highest BCUT2D eigenvalue weighted by atomic mass is 16.1. The zero-order chi connectivity index (χ0) is 19.2. The molecule has 5 unspecified atom stereocenters. The second-order valence-electron chi connectivity index (χ2n) is 10.6. The largest absolute Gasteiger partial charge is 0.303 e. The van der Waals surface area contributed by atoms with Crippen molar-refractivity contribution in [2.45, 2.75) is 97.3 Å². The minimum atomic E-state index is 0.777. The second kappa shape index (κ2) is 10.2. The molecule has 4 aliphatic carbocycles. The van der Waals surface area contributed by atoms with E-state index in [1.807, 2.05) is 0 Å². The van der Waals surface area contributed by atoms with Gasteiger partial charge in [0.1, 0.15) is 12.6 Å². The van der Waals surface area contributed by atoms with Gasteiger partial charge in [-0.3, -0.25) is 0 Å². The van der Waals surface area contributed by atoms with Crippen molar-refractivity contribution < 1.29 is 9.59 Å². The molecule has 0 saturated heterocycles. The fourth-order valence-corrected chi connectivity index (χ4v) is 7.33. The average Bonchev–Trinajstić information content (AvgIpc) is 3.35. The topological polar surface area (TPSA) is 34.1 Å². The molecule has 0 aliphatic heterocycles. The van der Waals surface area contributed by atoms with Crippen LogP contribution in [0.15, 0.2) is 0 Å². The van der Waals surface area contributed by atoms with Crippen molar-refractivity contribution in [3.8, 4) is 0 Å². The Labute approximate surface area is 167 Å². The van der Waals surface area contributed by atoms with Crippen molar-refractivity contribution >= 4 is 12.6 Å². The number of carbonyl (C=O) groups excluding carboxylic acids is 2. The summed E-state index contributed by atoms with van der Waals surface area (Å²) in [6.07, 6.45) is 19.2. The molecule has 4 aliphatic rings. The SMILES string of the molecule is CC(C)CC1CCC(CCC=O)CC1.O=CCC1CC2CC1C1CCCC21. The first-order valence-corrected chi connectivity index (χ1v) is 12.0. The normalized spacial score (nSPS) is 39.7. The fourth-order valence-electron chi connectivity index (χ4n) is 7.33. The molecule has 0 radical (unpaired) electrons. The summed E-state index contributed by atoms with van der Waals surface area (Å²) < 4.78 is 0. The molecule has 0 spiro atoms. The number of fused-ring (bicyclic) bond motifs is 5. The Hall–Kier alpha value is -0.660. The summed E-state index contributed by atoms with van der Waals surface area (Å²) in [6, 6.07) is 0. The van der Waals surface area contributed by atoms with Gasteiger partial charge < -0.3 is 9.59 Å². The van der Waals surface area contributed by atoms with Gasteiger partial charge in [0, 0.05) is 12.8 Å². The summed E-state index contributed by atoms with van der Waals surface area (Å²) in [4.78, 5) is 20.8. The van der Waals surface area contributed by atoms with Gasteiger partial charge in [-0.15, -0.1) is 0 Å². The van der Waals surface area contributed by atoms with E-state index in [1.165, 1.54) is 64.2 Å². The lowest BCUT2D eigenvalue weighted by Crippen LogP contribution is -2.24. The van der Waals surface area contributed by atoms with Crippen LogP contribution in [-0.4, -0.2) is 12.6 Å². The van der Waals surface area contributed by atoms with E-state index < -0.39 is 0 Å². The Balaban J connectivity index is 0.000000156. The number of carbonyl (C=O) groups is 2. The maximum atomic E-state index is 10.5. The highest BCUT2D eigenvalue weighted by molar-refractivity contribution is 5.50. The lowest BCUT2D eigenvalue weighted by molar-refractivity contribution is -0.109. The van der Waals surface area contributed by atoms with Crippen molar-refractivity contribution in [1.82, 2.24) is 0 Å². The van der Waals surface area contributed by atoms with Gasteiger partial charge in [0.05, 0.1) is 0 Å². The van der Waals surface area contributed by atoms with E-state index >= 15 is 0 Å². The molecule has 0 aromatic rings. The van der Waals surface area contributed by atoms with Crippen molar-refractivity contribution in [3.05, 3.63) is 0 Å². The van der Waals surface area contributed by atoms with Crippen LogP contribution in [0.5, 0.6) is 0 Å². The number of aldehydes is 2. The Morgan fingerprint density at radius 1 is 0.815 bits per heavy atom. The third-order valence-corrected chi connectivity index (χ3v) is 8.43. The fraction of sp³-hybridized carbons (Fsp3) is 0.920. The van der Waals surface area contributed by atoms with Crippen LogP contribution >= 0.6 is 0 Å². The van der Waals surface area contributed by atoms with Crippen molar-refractivity contribution in [3.63, 3.8) is 0 Å². The van der Waals surface area contributed by atoms with Gasteiger partial charge in [0.2, 0.25) is 0 Å². The number of hydrogen-bond acceptors (Lipinski definition) is 2. The maximum absolute atomic E-state index is 10.5. The van der Waals surface area contributed by atoms with Gasteiger partial charge in [0.15, 0.2) is 0 Å². The van der Waals surface area contributed by atoms with Crippen molar-refractivity contribution in [2.75, 3.05) is 0 Å². The predicted octanol–water partition coefficient (Wildman–Crippen LogP) is 6.47. The van der Waals surface area contributed by atoms with Gasteiger partial charge >= 0.3 is 0 Å². The molecule has 4 rings (SSSR count). The molecular weight excluding hydrogens is 332 g/mol. The molecule has 0 aromatic heterocycles. The molecule has 2 bridgehead atoms. The summed E-state index contributed by atoms with van der Waals surface area (Å²) in [5.41, 5.74) is 0. The van der Waals surface area contributed by atoms with Crippen LogP contribution in [0.2, 0.25) is 0 Å². The van der Waals surface area contributed by atoms with Crippen LogP contribution in [0.1, 0.15) is 97.3 Å². The molecular formula is C25H42O2. The van der Waals surface area contributed by atoms with Crippen LogP contribution in [0.4, 0.5) is 0 Å². The molecule has 4 saturated carbocycles. The number of hydrogen-bond donors (Lipinski definition) is 0. The third kappa shape index (κ3) is 5.45. The van der Waals surface area contributed by atoms with Crippen LogP contribution in [0.3, 0.4) is 0 Å². The van der Waals surface area contributed by atoms with E-state index in [-0.39, 0.29) is 0 Å². The first-order chi connectivity index (χ1) is 13.1. The summed E-state index contributed by atoms with van der Waals surface area (Å²) in [7, 11) is 0. The van der Waals surface area contributed by atoms with Gasteiger partial charge in [-0.25, -0.2) is 0 Å². The Kier molecular flexibility index (Phi) is 7.97. The first-order valence-electron chi connectivity index (χ1n) is 12.0. The lowest BCUT2D eigenvalue weighted by atomic mass is 9.75. The van der Waals surface area contributed by atoms with Gasteiger partial charge in [-0.1, -0.05) is 46.0 Å². The molecule has 5 atom stereocenters. The van der Waals surface area contributed by atoms with Gasteiger partial charge in [-0.2, -0.15) is 0 Å². The van der Waals surface area contributed by atoms with Crippen molar-refractivity contribution in [1.29, 1.82) is 0 Å². The highest BCUT2D eigenvalue weighted by Gasteiger charge is 2.53. The van der Waals surface area contributed by atoms with Gasteiger partial charge in [0.25, 0.3) is 0 Å². The van der Waals surface area contributed by atoms with Crippen LogP contribution < -0.4 is 0 Å². The summed E-state index contributed by atoms with van der Waals surface area (Å²) in [6.45, 7) is 4.64. The second-order valence-corrected chi connectivity index (χ2v) is 10.6. The van der Waals surface area contributed by atoms with E-state index in [0.29, 0.717) is 0 Å². The van der Waals surface area contributed by atoms with Crippen molar-refractivity contribution in [2.24, 2.45) is 47.3 Å². The lowest BCUT2D eigenvalue weighted by Gasteiger charge is -2.30. The minimum absolute atomic E-state index is 0.777. The Morgan fingerprint density at radius 2 is 1.52 bits per heavy atom. The van der Waals surface area contributed by atoms with Crippen LogP contribution in [0, 0.1) is 47.3 Å². The van der Waals surface area contributed by atoms with Gasteiger partial charge in [-0.05, 0) is 85.9 Å². The van der Waals surface area contributed by atoms with E-state index in [4.69, 9.17) is 0 Å². The maximum Gasteiger partial charge on any atom is 0.120 e. The number of rotatable bonds is 7. The zero-order valence-corrected chi connectivity index (χ0v) is 17.8. The molecule has 2 nitrogen and oxygen atoms in total. The molecule has 0 heterocycles. The summed E-state index contributed by atoms with van der Waals surface area (Å²) in [5, 5.41) is 0. The zero-order valence-electron chi connectivity index (χ0n) is 17.8. The first kappa shape index (κ1) is 21.1. The van der Waals surface area contributed by atoms with E-state index in [1.54, 1.807) is 0 Å². The van der Waals surface area contributed by atoms with E-state index in [9.17, 15) is 9.59 Å². The average molecular weight is 375 g/mol. The molecule has 2 heteroatoms. The standard InChI is InChI=1S/C13H24O.C12H18O/c1-11(2)10-13-7-5-12(6-8-13)4-3-9-14;13-5-4-8-6-9-7-12(8)11-3-1-2-10(9)11/h9,11-13H,3-8,10H2,1-2H3;5,8-12H,1-4,6-7H2.